The molecule has 1 aromatic heterocycles. The number of ether oxygens (including phenoxy) is 1. The Morgan fingerprint density at radius 2 is 1.87 bits per heavy atom. The number of sulfonamides is 1. The second kappa shape index (κ2) is 12.2. The first-order chi connectivity index (χ1) is 18.8. The lowest BCUT2D eigenvalue weighted by molar-refractivity contribution is 0.0947. The predicted octanol–water partition coefficient (Wildman–Crippen LogP) is 3.67. The van der Waals surface area contributed by atoms with Crippen molar-refractivity contribution in [2.45, 2.75) is 31.6 Å². The summed E-state index contributed by atoms with van der Waals surface area (Å²) in [6.45, 7) is 10.6. The molecule has 1 N–H and O–H groups in total. The standard InChI is InChI=1S/C28H37N5O4S2/c1-3-37-24-7-4-8-25-26(24)30-28(38-25)32-18-16-31(17-19-32)15-13-29-27(34)22-9-11-23(12-10-22)39(35,36)33-14-5-6-21(2)20-33/h4,7-12,21H,3,5-6,13-20H2,1-2H3,(H,29,34). The van der Waals surface area contributed by atoms with E-state index < -0.39 is 10.0 Å². The monoisotopic (exact) mass is 571 g/mol. The van der Waals surface area contributed by atoms with Crippen LogP contribution in [0.5, 0.6) is 5.75 Å². The van der Waals surface area contributed by atoms with Crippen LogP contribution in [-0.4, -0.2) is 87.5 Å². The Morgan fingerprint density at radius 1 is 1.10 bits per heavy atom. The normalized spacial score (nSPS) is 19.3. The number of carbonyl (C=O) groups excluding carboxylic acids is 1. The fourth-order valence-electron chi connectivity index (χ4n) is 5.20. The average Bonchev–Trinajstić information content (AvgIpc) is 3.39. The predicted molar refractivity (Wildman–Crippen MR) is 155 cm³/mol. The molecule has 2 aliphatic heterocycles. The molecule has 39 heavy (non-hydrogen) atoms. The molecule has 2 aromatic carbocycles. The number of piperazine rings is 1. The summed E-state index contributed by atoms with van der Waals surface area (Å²) < 4.78 is 34.4. The van der Waals surface area contributed by atoms with Crippen LogP contribution in [-0.2, 0) is 10.0 Å². The highest BCUT2D eigenvalue weighted by molar-refractivity contribution is 7.89. The van der Waals surface area contributed by atoms with E-state index in [4.69, 9.17) is 9.72 Å². The van der Waals surface area contributed by atoms with Crippen LogP contribution < -0.4 is 15.0 Å². The topological polar surface area (TPSA) is 95.1 Å². The molecule has 0 aliphatic carbocycles. The summed E-state index contributed by atoms with van der Waals surface area (Å²) >= 11 is 1.69. The van der Waals surface area contributed by atoms with Crippen LogP contribution in [0.4, 0.5) is 5.13 Å². The van der Waals surface area contributed by atoms with Gasteiger partial charge in [-0.15, -0.1) is 0 Å². The number of carbonyl (C=O) groups is 1. The fourth-order valence-corrected chi connectivity index (χ4v) is 7.84. The molecule has 5 rings (SSSR count). The Bertz CT molecular complexity index is 1380. The molecule has 0 radical (unpaired) electrons. The van der Waals surface area contributed by atoms with Crippen molar-refractivity contribution in [2.75, 3.05) is 63.9 Å². The maximum Gasteiger partial charge on any atom is 0.251 e. The minimum absolute atomic E-state index is 0.191. The summed E-state index contributed by atoms with van der Waals surface area (Å²) in [5.74, 6) is 1.01. The van der Waals surface area contributed by atoms with Gasteiger partial charge in [-0.2, -0.15) is 4.31 Å². The molecule has 2 aliphatic rings. The van der Waals surface area contributed by atoms with Crippen LogP contribution in [0, 0.1) is 5.92 Å². The first kappa shape index (κ1) is 27.8. The van der Waals surface area contributed by atoms with Crippen LogP contribution in [0.3, 0.4) is 0 Å². The summed E-state index contributed by atoms with van der Waals surface area (Å²) in [5.41, 5.74) is 1.39. The number of nitrogens with zero attached hydrogens (tertiary/aromatic N) is 4. The van der Waals surface area contributed by atoms with Gasteiger partial charge in [-0.1, -0.05) is 24.3 Å². The summed E-state index contributed by atoms with van der Waals surface area (Å²) in [6.07, 6.45) is 1.94. The lowest BCUT2D eigenvalue weighted by Crippen LogP contribution is -2.48. The number of benzene rings is 2. The van der Waals surface area contributed by atoms with Crippen molar-refractivity contribution in [3.05, 3.63) is 48.0 Å². The molecular formula is C28H37N5O4S2. The number of thiazole rings is 1. The molecule has 1 amide bonds. The zero-order valence-corrected chi connectivity index (χ0v) is 24.3. The number of hydrogen-bond donors (Lipinski definition) is 1. The van der Waals surface area contributed by atoms with Gasteiger partial charge >= 0.3 is 0 Å². The van der Waals surface area contributed by atoms with Gasteiger partial charge in [0, 0.05) is 57.9 Å². The smallest absolute Gasteiger partial charge is 0.251 e. The van der Waals surface area contributed by atoms with Crippen molar-refractivity contribution in [1.82, 2.24) is 19.5 Å². The first-order valence-corrected chi connectivity index (χ1v) is 16.0. The second-order valence-corrected chi connectivity index (χ2v) is 13.2. The van der Waals surface area contributed by atoms with Crippen LogP contribution in [0.15, 0.2) is 47.4 Å². The van der Waals surface area contributed by atoms with Crippen molar-refractivity contribution in [3.63, 3.8) is 0 Å². The van der Waals surface area contributed by atoms with Gasteiger partial charge in [-0.25, -0.2) is 13.4 Å². The molecule has 11 heteroatoms. The molecule has 1 unspecified atom stereocenters. The van der Waals surface area contributed by atoms with Crippen LogP contribution in [0.2, 0.25) is 0 Å². The number of anilines is 1. The van der Waals surface area contributed by atoms with E-state index in [1.165, 1.54) is 0 Å². The van der Waals surface area contributed by atoms with Gasteiger partial charge in [0.15, 0.2) is 5.13 Å². The molecule has 3 aromatic rings. The van der Waals surface area contributed by atoms with Crippen molar-refractivity contribution >= 4 is 42.6 Å². The highest BCUT2D eigenvalue weighted by atomic mass is 32.2. The minimum atomic E-state index is -3.53. The van der Waals surface area contributed by atoms with Gasteiger partial charge in [-0.3, -0.25) is 9.69 Å². The molecule has 2 fully saturated rings. The fraction of sp³-hybridized carbons (Fsp3) is 0.500. The van der Waals surface area contributed by atoms with Crippen LogP contribution in [0.25, 0.3) is 10.2 Å². The van der Waals surface area contributed by atoms with E-state index in [-0.39, 0.29) is 10.8 Å². The third-order valence-corrected chi connectivity index (χ3v) is 10.4. The molecule has 0 bridgehead atoms. The molecule has 0 spiro atoms. The summed E-state index contributed by atoms with van der Waals surface area (Å²) in [4.78, 5) is 22.4. The van der Waals surface area contributed by atoms with Gasteiger partial charge in [0.05, 0.1) is 16.2 Å². The number of fused-ring (bicyclic) bond motifs is 1. The minimum Gasteiger partial charge on any atom is -0.492 e. The molecule has 0 saturated carbocycles. The third kappa shape index (κ3) is 6.37. The van der Waals surface area contributed by atoms with E-state index >= 15 is 0 Å². The number of para-hydroxylation sites is 1. The van der Waals surface area contributed by atoms with E-state index in [9.17, 15) is 13.2 Å². The lowest BCUT2D eigenvalue weighted by atomic mass is 10.0. The second-order valence-electron chi connectivity index (χ2n) is 10.3. The van der Waals surface area contributed by atoms with Crippen LogP contribution in [0.1, 0.15) is 37.0 Å². The first-order valence-electron chi connectivity index (χ1n) is 13.7. The number of hydrogen-bond acceptors (Lipinski definition) is 8. The maximum atomic E-state index is 13.0. The number of aromatic nitrogens is 1. The summed E-state index contributed by atoms with van der Waals surface area (Å²) in [5, 5.41) is 3.99. The molecule has 1 atom stereocenters. The molecule has 2 saturated heterocycles. The number of piperidine rings is 1. The summed E-state index contributed by atoms with van der Waals surface area (Å²) in [6, 6.07) is 12.3. The van der Waals surface area contributed by atoms with E-state index in [2.05, 4.69) is 28.1 Å². The third-order valence-electron chi connectivity index (χ3n) is 7.40. The van der Waals surface area contributed by atoms with E-state index in [0.717, 1.165) is 66.7 Å². The number of amides is 1. The zero-order chi connectivity index (χ0) is 27.4. The maximum absolute atomic E-state index is 13.0. The van der Waals surface area contributed by atoms with E-state index in [1.54, 1.807) is 39.9 Å². The number of rotatable bonds is 9. The van der Waals surface area contributed by atoms with Gasteiger partial charge < -0.3 is 15.0 Å². The molecule has 210 valence electrons. The largest absolute Gasteiger partial charge is 0.492 e. The van der Waals surface area contributed by atoms with Crippen molar-refractivity contribution in [2.24, 2.45) is 5.92 Å². The Balaban J connectivity index is 1.08. The van der Waals surface area contributed by atoms with Crippen molar-refractivity contribution < 1.29 is 17.9 Å². The van der Waals surface area contributed by atoms with Crippen molar-refractivity contribution in [1.29, 1.82) is 0 Å². The molecule has 9 nitrogen and oxygen atoms in total. The summed E-state index contributed by atoms with van der Waals surface area (Å²) in [7, 11) is -3.53. The van der Waals surface area contributed by atoms with E-state index in [1.807, 2.05) is 19.1 Å². The van der Waals surface area contributed by atoms with Crippen molar-refractivity contribution in [3.8, 4) is 5.75 Å². The van der Waals surface area contributed by atoms with Crippen LogP contribution >= 0.6 is 11.3 Å². The highest BCUT2D eigenvalue weighted by Crippen LogP contribution is 2.34. The number of nitrogens with one attached hydrogen (secondary N) is 1. The SMILES string of the molecule is CCOc1cccc2sc(N3CCN(CCNC(=O)c4ccc(S(=O)(=O)N5CCCC(C)C5)cc4)CC3)nc12. The van der Waals surface area contributed by atoms with Gasteiger partial charge in [0.1, 0.15) is 11.3 Å². The van der Waals surface area contributed by atoms with Gasteiger partial charge in [0.25, 0.3) is 5.91 Å². The van der Waals surface area contributed by atoms with E-state index in [0.29, 0.717) is 37.7 Å². The van der Waals surface area contributed by atoms with Gasteiger partial charge in [0.2, 0.25) is 10.0 Å². The highest BCUT2D eigenvalue weighted by Gasteiger charge is 2.28. The Kier molecular flexibility index (Phi) is 8.70. The quantitative estimate of drug-likeness (QED) is 0.419. The lowest BCUT2D eigenvalue weighted by Gasteiger charge is -2.34. The van der Waals surface area contributed by atoms with Gasteiger partial charge in [-0.05, 0) is 62.1 Å². The Labute approximate surface area is 234 Å². The Hall–Kier alpha value is -2.73. The Morgan fingerprint density at radius 3 is 2.59 bits per heavy atom. The molecular weight excluding hydrogens is 534 g/mol. The molecule has 3 heterocycles. The zero-order valence-electron chi connectivity index (χ0n) is 22.6. The average molecular weight is 572 g/mol.